The van der Waals surface area contributed by atoms with Crippen molar-refractivity contribution in [3.63, 3.8) is 0 Å². The lowest BCUT2D eigenvalue weighted by atomic mass is 9.86. The first-order valence-corrected chi connectivity index (χ1v) is 7.78. The Kier molecular flexibility index (Phi) is 6.26. The van der Waals surface area contributed by atoms with E-state index >= 15 is 0 Å². The summed E-state index contributed by atoms with van der Waals surface area (Å²) in [7, 11) is 3.17. The molecule has 1 aliphatic carbocycles. The second-order valence-electron chi connectivity index (χ2n) is 5.52. The van der Waals surface area contributed by atoms with Crippen LogP contribution in [0.3, 0.4) is 0 Å². The highest BCUT2D eigenvalue weighted by atomic mass is 16.5. The van der Waals surface area contributed by atoms with Gasteiger partial charge in [-0.3, -0.25) is 9.59 Å². The molecule has 0 saturated heterocycles. The summed E-state index contributed by atoms with van der Waals surface area (Å²) in [5.41, 5.74) is 1.02. The lowest BCUT2D eigenvalue weighted by molar-refractivity contribution is -0.155. The van der Waals surface area contributed by atoms with E-state index in [2.05, 4.69) is 5.32 Å². The van der Waals surface area contributed by atoms with Gasteiger partial charge in [0.1, 0.15) is 0 Å². The zero-order valence-corrected chi connectivity index (χ0v) is 13.6. The molecule has 0 bridgehead atoms. The van der Waals surface area contributed by atoms with Gasteiger partial charge in [-0.25, -0.2) is 0 Å². The average molecular weight is 321 g/mol. The highest BCUT2D eigenvalue weighted by Gasteiger charge is 2.26. The maximum atomic E-state index is 11.7. The summed E-state index contributed by atoms with van der Waals surface area (Å²) < 4.78 is 15.4. The number of ether oxygens (including phenoxy) is 3. The van der Waals surface area contributed by atoms with Crippen LogP contribution in [0.15, 0.2) is 18.2 Å². The minimum Gasteiger partial charge on any atom is -0.493 e. The molecule has 0 aromatic heterocycles. The first-order valence-electron chi connectivity index (χ1n) is 7.78. The minimum atomic E-state index is -0.279. The molecular weight excluding hydrogens is 298 g/mol. The lowest BCUT2D eigenvalue weighted by Crippen LogP contribution is -2.32. The number of esters is 1. The number of nitrogens with one attached hydrogen (secondary N) is 1. The molecule has 0 radical (unpaired) electrons. The third-order valence-electron chi connectivity index (χ3n) is 3.97. The molecule has 0 heterocycles. The number of carbonyl (C=O) groups excluding carboxylic acids is 2. The fourth-order valence-corrected chi connectivity index (χ4v) is 2.33. The monoisotopic (exact) mass is 321 g/mol. The van der Waals surface area contributed by atoms with Crippen LogP contribution in [0.2, 0.25) is 0 Å². The largest absolute Gasteiger partial charge is 0.493 e. The zero-order chi connectivity index (χ0) is 16.7. The van der Waals surface area contributed by atoms with Gasteiger partial charge in [-0.1, -0.05) is 12.5 Å². The van der Waals surface area contributed by atoms with Crippen molar-refractivity contribution in [2.45, 2.75) is 25.7 Å². The Labute approximate surface area is 136 Å². The van der Waals surface area contributed by atoms with E-state index in [-0.39, 0.29) is 24.4 Å². The Morgan fingerprint density at radius 1 is 1.17 bits per heavy atom. The van der Waals surface area contributed by atoms with Crippen LogP contribution in [0.5, 0.6) is 11.5 Å². The van der Waals surface area contributed by atoms with E-state index in [1.165, 1.54) is 0 Å². The predicted octanol–water partition coefficient (Wildman–Crippen LogP) is 1.71. The Morgan fingerprint density at radius 3 is 2.52 bits per heavy atom. The molecule has 6 nitrogen and oxygen atoms in total. The van der Waals surface area contributed by atoms with Crippen molar-refractivity contribution in [3.8, 4) is 11.5 Å². The summed E-state index contributed by atoms with van der Waals surface area (Å²) in [5.74, 6) is 0.785. The maximum absolute atomic E-state index is 11.7. The Hall–Kier alpha value is -2.24. The molecule has 2 rings (SSSR count). The molecule has 1 amide bonds. The molecule has 1 N–H and O–H groups in total. The van der Waals surface area contributed by atoms with Crippen molar-refractivity contribution in [2.75, 3.05) is 27.4 Å². The number of rotatable bonds is 8. The van der Waals surface area contributed by atoms with Gasteiger partial charge in [-0.15, -0.1) is 0 Å². The molecular formula is C17H23NO5. The normalized spacial score (nSPS) is 13.8. The van der Waals surface area contributed by atoms with Crippen LogP contribution in [-0.2, 0) is 20.7 Å². The molecule has 6 heteroatoms. The van der Waals surface area contributed by atoms with E-state index in [1.54, 1.807) is 14.2 Å². The van der Waals surface area contributed by atoms with E-state index in [4.69, 9.17) is 14.2 Å². The van der Waals surface area contributed by atoms with Crippen molar-refractivity contribution >= 4 is 11.9 Å². The Balaban J connectivity index is 1.69. The number of amides is 1. The van der Waals surface area contributed by atoms with Crippen molar-refractivity contribution in [2.24, 2.45) is 5.92 Å². The van der Waals surface area contributed by atoms with Crippen molar-refractivity contribution in [1.29, 1.82) is 0 Å². The topological polar surface area (TPSA) is 73.9 Å². The fourth-order valence-electron chi connectivity index (χ4n) is 2.33. The molecule has 0 spiro atoms. The lowest BCUT2D eigenvalue weighted by Gasteiger charge is -2.22. The van der Waals surface area contributed by atoms with Crippen LogP contribution >= 0.6 is 0 Å². The highest BCUT2D eigenvalue weighted by Crippen LogP contribution is 2.28. The summed E-state index contributed by atoms with van der Waals surface area (Å²) >= 11 is 0. The molecule has 1 aromatic carbocycles. The third-order valence-corrected chi connectivity index (χ3v) is 3.97. The molecule has 1 fully saturated rings. The summed E-state index contributed by atoms with van der Waals surface area (Å²) in [6, 6.07) is 5.63. The molecule has 126 valence electrons. The standard InChI is InChI=1S/C17H23NO5/c1-21-14-7-6-12(10-15(14)22-2)8-9-18-16(19)11-23-17(20)13-4-3-5-13/h6-7,10,13H,3-5,8-9,11H2,1-2H3,(H,18,19). The van der Waals surface area contributed by atoms with Gasteiger partial charge in [0.25, 0.3) is 5.91 Å². The minimum absolute atomic E-state index is 0.00503. The maximum Gasteiger partial charge on any atom is 0.309 e. The van der Waals surface area contributed by atoms with Crippen LogP contribution in [0, 0.1) is 5.92 Å². The van der Waals surface area contributed by atoms with Gasteiger partial charge in [-0.05, 0) is 37.0 Å². The van der Waals surface area contributed by atoms with E-state index in [1.807, 2.05) is 18.2 Å². The number of benzene rings is 1. The fraction of sp³-hybridized carbons (Fsp3) is 0.529. The summed E-state index contributed by atoms with van der Waals surface area (Å²) in [6.07, 6.45) is 3.47. The first kappa shape index (κ1) is 17.1. The highest BCUT2D eigenvalue weighted by molar-refractivity contribution is 5.81. The van der Waals surface area contributed by atoms with Gasteiger partial charge < -0.3 is 19.5 Å². The van der Waals surface area contributed by atoms with Crippen LogP contribution in [-0.4, -0.2) is 39.2 Å². The van der Waals surface area contributed by atoms with Crippen molar-refractivity contribution in [1.82, 2.24) is 5.32 Å². The second-order valence-corrected chi connectivity index (χ2v) is 5.52. The Morgan fingerprint density at radius 2 is 1.91 bits per heavy atom. The van der Waals surface area contributed by atoms with Gasteiger partial charge in [0, 0.05) is 6.54 Å². The Bertz CT molecular complexity index is 554. The molecule has 1 saturated carbocycles. The van der Waals surface area contributed by atoms with Crippen molar-refractivity contribution in [3.05, 3.63) is 23.8 Å². The number of hydrogen-bond acceptors (Lipinski definition) is 5. The van der Waals surface area contributed by atoms with Gasteiger partial charge in [0.05, 0.1) is 20.1 Å². The summed E-state index contributed by atoms with van der Waals surface area (Å²) in [5, 5.41) is 2.74. The van der Waals surface area contributed by atoms with Crippen LogP contribution in [0.4, 0.5) is 0 Å². The summed E-state index contributed by atoms with van der Waals surface area (Å²) in [4.78, 5) is 23.2. The number of methoxy groups -OCH3 is 2. The van der Waals surface area contributed by atoms with Gasteiger partial charge >= 0.3 is 5.97 Å². The smallest absolute Gasteiger partial charge is 0.309 e. The predicted molar refractivity (Wildman–Crippen MR) is 84.6 cm³/mol. The summed E-state index contributed by atoms with van der Waals surface area (Å²) in [6.45, 7) is 0.260. The SMILES string of the molecule is COc1ccc(CCNC(=O)COC(=O)C2CCC2)cc1OC. The first-order chi connectivity index (χ1) is 11.1. The van der Waals surface area contributed by atoms with Gasteiger partial charge in [-0.2, -0.15) is 0 Å². The van der Waals surface area contributed by atoms with Crippen LogP contribution < -0.4 is 14.8 Å². The molecule has 0 atom stereocenters. The molecule has 1 aliphatic rings. The number of carbonyl (C=O) groups is 2. The van der Waals surface area contributed by atoms with E-state index in [0.717, 1.165) is 24.8 Å². The van der Waals surface area contributed by atoms with Crippen molar-refractivity contribution < 1.29 is 23.8 Å². The van der Waals surface area contributed by atoms with E-state index in [9.17, 15) is 9.59 Å². The zero-order valence-electron chi connectivity index (χ0n) is 13.6. The van der Waals surface area contributed by atoms with Gasteiger partial charge in [0.2, 0.25) is 0 Å². The van der Waals surface area contributed by atoms with Gasteiger partial charge in [0.15, 0.2) is 18.1 Å². The quantitative estimate of drug-likeness (QED) is 0.738. The molecule has 1 aromatic rings. The molecule has 0 aliphatic heterocycles. The van der Waals surface area contributed by atoms with Crippen LogP contribution in [0.25, 0.3) is 0 Å². The van der Waals surface area contributed by atoms with E-state index < -0.39 is 0 Å². The van der Waals surface area contributed by atoms with E-state index in [0.29, 0.717) is 24.5 Å². The second kappa shape index (κ2) is 8.41. The third kappa shape index (κ3) is 4.87. The van der Waals surface area contributed by atoms with Crippen LogP contribution in [0.1, 0.15) is 24.8 Å². The number of hydrogen-bond donors (Lipinski definition) is 1. The molecule has 0 unspecified atom stereocenters. The average Bonchev–Trinajstić information content (AvgIpc) is 2.51. The molecule has 23 heavy (non-hydrogen) atoms.